The number of carbonyl (C=O) groups excluding carboxylic acids is 1. The Balaban J connectivity index is 2.08. The van der Waals surface area contributed by atoms with E-state index in [0.29, 0.717) is 4.73 Å². The van der Waals surface area contributed by atoms with Gasteiger partial charge < -0.3 is 9.94 Å². The SMILES string of the molecule is O=C(Oc1cccc[n+]1[O-])C1CC1. The Hall–Kier alpha value is -1.58. The highest BCUT2D eigenvalue weighted by Gasteiger charge is 2.32. The van der Waals surface area contributed by atoms with Gasteiger partial charge in [-0.15, -0.1) is 4.73 Å². The van der Waals surface area contributed by atoms with Crippen molar-refractivity contribution in [3.63, 3.8) is 0 Å². The van der Waals surface area contributed by atoms with Crippen LogP contribution in [0.25, 0.3) is 0 Å². The molecule has 1 aromatic heterocycles. The molecule has 68 valence electrons. The quantitative estimate of drug-likeness (QED) is 0.380. The second-order valence-corrected chi connectivity index (χ2v) is 3.06. The molecule has 0 atom stereocenters. The summed E-state index contributed by atoms with van der Waals surface area (Å²) < 4.78 is 5.42. The number of nitrogens with zero attached hydrogens (tertiary/aromatic N) is 1. The first kappa shape index (κ1) is 8.04. The van der Waals surface area contributed by atoms with Gasteiger partial charge in [0.25, 0.3) is 0 Å². The lowest BCUT2D eigenvalue weighted by Crippen LogP contribution is -2.30. The normalized spacial score (nSPS) is 15.4. The zero-order chi connectivity index (χ0) is 9.26. The van der Waals surface area contributed by atoms with Gasteiger partial charge in [0.2, 0.25) is 0 Å². The van der Waals surface area contributed by atoms with Crippen LogP contribution in [0.1, 0.15) is 12.8 Å². The minimum atomic E-state index is -0.296. The first-order chi connectivity index (χ1) is 6.27. The van der Waals surface area contributed by atoms with Crippen LogP contribution in [-0.2, 0) is 4.79 Å². The maximum Gasteiger partial charge on any atom is 0.387 e. The molecule has 4 nitrogen and oxygen atoms in total. The van der Waals surface area contributed by atoms with Crippen LogP contribution >= 0.6 is 0 Å². The first-order valence-corrected chi connectivity index (χ1v) is 4.17. The fourth-order valence-corrected chi connectivity index (χ4v) is 0.997. The largest absolute Gasteiger partial charge is 0.616 e. The van der Waals surface area contributed by atoms with Crippen LogP contribution in [0.15, 0.2) is 24.4 Å². The van der Waals surface area contributed by atoms with E-state index in [1.54, 1.807) is 12.1 Å². The number of hydrogen-bond donors (Lipinski definition) is 0. The van der Waals surface area contributed by atoms with Crippen LogP contribution < -0.4 is 9.47 Å². The van der Waals surface area contributed by atoms with Crippen molar-refractivity contribution in [3.05, 3.63) is 29.6 Å². The molecule has 13 heavy (non-hydrogen) atoms. The van der Waals surface area contributed by atoms with Crippen LogP contribution in [0.4, 0.5) is 0 Å². The van der Waals surface area contributed by atoms with Gasteiger partial charge in [-0.25, -0.2) is 0 Å². The number of carbonyl (C=O) groups is 1. The Morgan fingerprint density at radius 3 is 2.92 bits per heavy atom. The average molecular weight is 179 g/mol. The summed E-state index contributed by atoms with van der Waals surface area (Å²) in [5.41, 5.74) is 0. The van der Waals surface area contributed by atoms with Crippen LogP contribution in [0.2, 0.25) is 0 Å². The predicted octanol–water partition coefficient (Wildman–Crippen LogP) is 0.635. The lowest BCUT2D eigenvalue weighted by molar-refractivity contribution is -0.610. The number of esters is 1. The molecule has 1 fully saturated rings. The lowest BCUT2D eigenvalue weighted by Gasteiger charge is -2.02. The molecule has 1 aromatic rings. The molecule has 0 aromatic carbocycles. The Morgan fingerprint density at radius 2 is 2.31 bits per heavy atom. The van der Waals surface area contributed by atoms with E-state index >= 15 is 0 Å². The van der Waals surface area contributed by atoms with Crippen molar-refractivity contribution >= 4 is 5.97 Å². The minimum Gasteiger partial charge on any atom is -0.616 e. The van der Waals surface area contributed by atoms with Crippen LogP contribution in [0.5, 0.6) is 5.88 Å². The lowest BCUT2D eigenvalue weighted by atomic mass is 10.4. The molecule has 1 saturated carbocycles. The second-order valence-electron chi connectivity index (χ2n) is 3.06. The molecule has 1 aliphatic carbocycles. The van der Waals surface area contributed by atoms with Gasteiger partial charge in [0.1, 0.15) is 0 Å². The summed E-state index contributed by atoms with van der Waals surface area (Å²) in [6.07, 6.45) is 3.06. The Kier molecular flexibility index (Phi) is 1.88. The standard InChI is InChI=1S/C9H9NO3/c11-9(7-4-5-7)13-8-3-1-2-6-10(8)12/h1-3,6-7H,4-5H2. The summed E-state index contributed by atoms with van der Waals surface area (Å²) in [6, 6.07) is 4.72. The first-order valence-electron chi connectivity index (χ1n) is 4.17. The monoisotopic (exact) mass is 179 g/mol. The third-order valence-corrected chi connectivity index (χ3v) is 1.90. The summed E-state index contributed by atoms with van der Waals surface area (Å²) in [5.74, 6) is -0.226. The highest BCUT2D eigenvalue weighted by molar-refractivity contribution is 5.76. The minimum absolute atomic E-state index is 0.0141. The molecule has 1 heterocycles. The third kappa shape index (κ3) is 1.77. The summed E-state index contributed by atoms with van der Waals surface area (Å²) in [6.45, 7) is 0. The van der Waals surface area contributed by atoms with Gasteiger partial charge in [0.15, 0.2) is 6.20 Å². The van der Waals surface area contributed by atoms with Crippen LogP contribution in [0, 0.1) is 11.1 Å². The summed E-state index contributed by atoms with van der Waals surface area (Å²) >= 11 is 0. The number of rotatable bonds is 2. The third-order valence-electron chi connectivity index (χ3n) is 1.90. The number of aromatic nitrogens is 1. The molecular weight excluding hydrogens is 170 g/mol. The highest BCUT2D eigenvalue weighted by atomic mass is 16.6. The Labute approximate surface area is 75.3 Å². The van der Waals surface area contributed by atoms with Crippen LogP contribution in [0.3, 0.4) is 0 Å². The van der Waals surface area contributed by atoms with Gasteiger partial charge >= 0.3 is 11.8 Å². The fraction of sp³-hybridized carbons (Fsp3) is 0.333. The zero-order valence-electron chi connectivity index (χ0n) is 6.97. The molecule has 0 amide bonds. The van der Waals surface area contributed by atoms with Crippen molar-refractivity contribution in [1.29, 1.82) is 0 Å². The maximum atomic E-state index is 11.2. The van der Waals surface area contributed by atoms with E-state index in [2.05, 4.69) is 0 Å². The van der Waals surface area contributed by atoms with Gasteiger partial charge in [0.05, 0.1) is 12.0 Å². The highest BCUT2D eigenvalue weighted by Crippen LogP contribution is 2.30. The van der Waals surface area contributed by atoms with Crippen molar-refractivity contribution < 1.29 is 14.3 Å². The molecule has 0 saturated heterocycles. The Morgan fingerprint density at radius 1 is 1.54 bits per heavy atom. The van der Waals surface area contributed by atoms with Crippen molar-refractivity contribution in [2.24, 2.45) is 5.92 Å². The van der Waals surface area contributed by atoms with Crippen molar-refractivity contribution in [3.8, 4) is 5.88 Å². The summed E-state index contributed by atoms with van der Waals surface area (Å²) in [7, 11) is 0. The van der Waals surface area contributed by atoms with Gasteiger partial charge in [0, 0.05) is 6.07 Å². The Bertz CT molecular complexity index is 333. The topological polar surface area (TPSA) is 53.2 Å². The molecule has 0 spiro atoms. The molecule has 0 unspecified atom stereocenters. The molecule has 0 bridgehead atoms. The number of pyridine rings is 1. The molecule has 4 heteroatoms. The smallest absolute Gasteiger partial charge is 0.387 e. The van der Waals surface area contributed by atoms with Crippen molar-refractivity contribution in [1.82, 2.24) is 0 Å². The van der Waals surface area contributed by atoms with E-state index in [1.807, 2.05) is 0 Å². The number of ether oxygens (including phenoxy) is 1. The fourth-order valence-electron chi connectivity index (χ4n) is 0.997. The number of hydrogen-bond acceptors (Lipinski definition) is 3. The van der Waals surface area contributed by atoms with E-state index in [9.17, 15) is 10.0 Å². The van der Waals surface area contributed by atoms with Crippen molar-refractivity contribution in [2.45, 2.75) is 12.8 Å². The maximum absolute atomic E-state index is 11.2. The van der Waals surface area contributed by atoms with E-state index in [-0.39, 0.29) is 17.8 Å². The van der Waals surface area contributed by atoms with Gasteiger partial charge in [-0.2, -0.15) is 0 Å². The summed E-state index contributed by atoms with van der Waals surface area (Å²) in [4.78, 5) is 11.2. The molecule has 0 aliphatic heterocycles. The van der Waals surface area contributed by atoms with E-state index in [0.717, 1.165) is 12.8 Å². The summed E-state index contributed by atoms with van der Waals surface area (Å²) in [5, 5.41) is 11.0. The van der Waals surface area contributed by atoms with Gasteiger partial charge in [-0.3, -0.25) is 4.79 Å². The average Bonchev–Trinajstić information content (AvgIpc) is 2.91. The van der Waals surface area contributed by atoms with E-state index < -0.39 is 0 Å². The van der Waals surface area contributed by atoms with E-state index in [4.69, 9.17) is 4.74 Å². The van der Waals surface area contributed by atoms with E-state index in [1.165, 1.54) is 12.3 Å². The molecule has 1 aliphatic rings. The van der Waals surface area contributed by atoms with Gasteiger partial charge in [-0.1, -0.05) is 0 Å². The molecular formula is C9H9NO3. The van der Waals surface area contributed by atoms with Crippen molar-refractivity contribution in [2.75, 3.05) is 0 Å². The molecule has 0 N–H and O–H groups in total. The molecule has 2 rings (SSSR count). The second kappa shape index (κ2) is 3.05. The zero-order valence-corrected chi connectivity index (χ0v) is 6.97. The van der Waals surface area contributed by atoms with Crippen LogP contribution in [-0.4, -0.2) is 5.97 Å². The molecule has 0 radical (unpaired) electrons. The van der Waals surface area contributed by atoms with Gasteiger partial charge in [-0.05, 0) is 18.9 Å². The predicted molar refractivity (Wildman–Crippen MR) is 43.8 cm³/mol.